The number of hydrogen-bond donors (Lipinski definition) is 1. The number of nitrogens with two attached hydrogens (primary N) is 1. The number of piperidine rings is 1. The predicted octanol–water partition coefficient (Wildman–Crippen LogP) is 1.90. The Morgan fingerprint density at radius 1 is 1.38 bits per heavy atom. The lowest BCUT2D eigenvalue weighted by Gasteiger charge is -2.34. The third kappa shape index (κ3) is 3.39. The van der Waals surface area contributed by atoms with Crippen LogP contribution < -0.4 is 10.5 Å². The summed E-state index contributed by atoms with van der Waals surface area (Å²) < 4.78 is 32.6. The van der Waals surface area contributed by atoms with Crippen LogP contribution in [0.25, 0.3) is 0 Å². The van der Waals surface area contributed by atoms with Gasteiger partial charge in [-0.1, -0.05) is 6.42 Å². The minimum Gasteiger partial charge on any atom is -0.496 e. The average molecular weight is 312 g/mol. The lowest BCUT2D eigenvalue weighted by atomic mass is 10.0. The molecule has 21 heavy (non-hydrogen) atoms. The summed E-state index contributed by atoms with van der Waals surface area (Å²) in [6.07, 6.45) is 3.59. The van der Waals surface area contributed by atoms with Crippen molar-refractivity contribution in [3.05, 3.63) is 23.8 Å². The van der Waals surface area contributed by atoms with E-state index in [1.807, 2.05) is 6.92 Å². The molecule has 0 aliphatic carbocycles. The van der Waals surface area contributed by atoms with Gasteiger partial charge in [-0.25, -0.2) is 8.42 Å². The Balaban J connectivity index is 2.33. The van der Waals surface area contributed by atoms with Crippen molar-refractivity contribution < 1.29 is 13.2 Å². The fourth-order valence-corrected chi connectivity index (χ4v) is 4.73. The number of aryl methyl sites for hydroxylation is 1. The van der Waals surface area contributed by atoms with Gasteiger partial charge in [-0.15, -0.1) is 0 Å². The minimum atomic E-state index is -3.46. The number of hydrogen-bond acceptors (Lipinski definition) is 4. The Hall–Kier alpha value is -1.11. The zero-order valence-electron chi connectivity index (χ0n) is 12.7. The zero-order chi connectivity index (χ0) is 15.5. The lowest BCUT2D eigenvalue weighted by molar-refractivity contribution is 0.243. The highest BCUT2D eigenvalue weighted by atomic mass is 32.2. The molecule has 0 radical (unpaired) electrons. The Morgan fingerprint density at radius 3 is 2.76 bits per heavy atom. The molecule has 0 amide bonds. The zero-order valence-corrected chi connectivity index (χ0v) is 13.5. The van der Waals surface area contributed by atoms with E-state index in [0.717, 1.165) is 24.8 Å². The average Bonchev–Trinajstić information content (AvgIpc) is 2.48. The Labute approximate surface area is 127 Å². The summed E-state index contributed by atoms with van der Waals surface area (Å²) in [6.45, 7) is 2.95. The van der Waals surface area contributed by atoms with Crippen LogP contribution in [0.1, 0.15) is 31.2 Å². The van der Waals surface area contributed by atoms with E-state index in [2.05, 4.69) is 0 Å². The van der Waals surface area contributed by atoms with Gasteiger partial charge in [0.15, 0.2) is 0 Å². The summed E-state index contributed by atoms with van der Waals surface area (Å²) in [5, 5.41) is 0. The fourth-order valence-electron chi connectivity index (χ4n) is 2.92. The first-order valence-corrected chi connectivity index (χ1v) is 8.81. The summed E-state index contributed by atoms with van der Waals surface area (Å²) in [4.78, 5) is 0.338. The predicted molar refractivity (Wildman–Crippen MR) is 82.9 cm³/mol. The van der Waals surface area contributed by atoms with Crippen molar-refractivity contribution in [2.45, 2.75) is 43.5 Å². The molecule has 0 aromatic heterocycles. The van der Waals surface area contributed by atoms with Crippen LogP contribution in [-0.4, -0.2) is 39.0 Å². The van der Waals surface area contributed by atoms with Crippen molar-refractivity contribution in [1.29, 1.82) is 0 Å². The van der Waals surface area contributed by atoms with Crippen LogP contribution in [0, 0.1) is 6.92 Å². The maximum Gasteiger partial charge on any atom is 0.243 e. The van der Waals surface area contributed by atoms with Gasteiger partial charge in [-0.05, 0) is 56.5 Å². The second-order valence-electron chi connectivity index (χ2n) is 5.47. The van der Waals surface area contributed by atoms with Crippen LogP contribution in [0.3, 0.4) is 0 Å². The van der Waals surface area contributed by atoms with E-state index in [1.54, 1.807) is 29.6 Å². The molecule has 1 fully saturated rings. The highest BCUT2D eigenvalue weighted by molar-refractivity contribution is 7.89. The first kappa shape index (κ1) is 16.3. The number of rotatable bonds is 5. The van der Waals surface area contributed by atoms with Gasteiger partial charge in [0.25, 0.3) is 0 Å². The minimum absolute atomic E-state index is 0.0242. The number of sulfonamides is 1. The normalized spacial score (nSPS) is 20.4. The summed E-state index contributed by atoms with van der Waals surface area (Å²) in [6, 6.07) is 5.04. The van der Waals surface area contributed by atoms with Crippen molar-refractivity contribution in [3.8, 4) is 5.75 Å². The van der Waals surface area contributed by atoms with Gasteiger partial charge in [-0.3, -0.25) is 0 Å². The van der Waals surface area contributed by atoms with E-state index in [1.165, 1.54) is 0 Å². The monoisotopic (exact) mass is 312 g/mol. The third-order valence-corrected chi connectivity index (χ3v) is 5.99. The molecule has 0 spiro atoms. The highest BCUT2D eigenvalue weighted by Crippen LogP contribution is 2.29. The Kier molecular flexibility index (Phi) is 5.24. The van der Waals surface area contributed by atoms with Crippen molar-refractivity contribution in [1.82, 2.24) is 4.31 Å². The van der Waals surface area contributed by atoms with E-state index >= 15 is 0 Å². The summed E-state index contributed by atoms with van der Waals surface area (Å²) in [7, 11) is -1.88. The molecule has 2 rings (SSSR count). The fraction of sp³-hybridized carbons (Fsp3) is 0.600. The van der Waals surface area contributed by atoms with Crippen LogP contribution in [0.15, 0.2) is 23.1 Å². The molecular weight excluding hydrogens is 288 g/mol. The molecule has 6 heteroatoms. The molecular formula is C15H24N2O3S. The largest absolute Gasteiger partial charge is 0.496 e. The van der Waals surface area contributed by atoms with Crippen molar-refractivity contribution >= 4 is 10.0 Å². The van der Waals surface area contributed by atoms with Gasteiger partial charge in [-0.2, -0.15) is 4.31 Å². The lowest BCUT2D eigenvalue weighted by Crippen LogP contribution is -2.44. The van der Waals surface area contributed by atoms with Gasteiger partial charge in [0.2, 0.25) is 10.0 Å². The second-order valence-corrected chi connectivity index (χ2v) is 7.36. The quantitative estimate of drug-likeness (QED) is 0.901. The van der Waals surface area contributed by atoms with Gasteiger partial charge in [0.05, 0.1) is 12.0 Å². The molecule has 118 valence electrons. The van der Waals surface area contributed by atoms with Crippen LogP contribution in [0.5, 0.6) is 5.75 Å². The molecule has 2 N–H and O–H groups in total. The second kappa shape index (κ2) is 6.77. The molecule has 1 heterocycles. The number of benzene rings is 1. The summed E-state index contributed by atoms with van der Waals surface area (Å²) >= 11 is 0. The molecule has 1 unspecified atom stereocenters. The molecule has 1 aliphatic rings. The van der Waals surface area contributed by atoms with E-state index < -0.39 is 10.0 Å². The van der Waals surface area contributed by atoms with E-state index in [4.69, 9.17) is 10.5 Å². The molecule has 1 aromatic carbocycles. The Bertz CT molecular complexity index is 585. The molecule has 5 nitrogen and oxygen atoms in total. The molecule has 1 saturated heterocycles. The topological polar surface area (TPSA) is 72.6 Å². The number of ether oxygens (including phenoxy) is 1. The SMILES string of the molecule is COc1ccc(S(=O)(=O)N2CCCCC2CCN)cc1C. The van der Waals surface area contributed by atoms with Crippen molar-refractivity contribution in [2.75, 3.05) is 20.2 Å². The van der Waals surface area contributed by atoms with Gasteiger partial charge >= 0.3 is 0 Å². The van der Waals surface area contributed by atoms with Crippen LogP contribution in [0.4, 0.5) is 0 Å². The number of nitrogens with zero attached hydrogens (tertiary/aromatic N) is 1. The van der Waals surface area contributed by atoms with E-state index in [9.17, 15) is 8.42 Å². The van der Waals surface area contributed by atoms with Gasteiger partial charge < -0.3 is 10.5 Å². The van der Waals surface area contributed by atoms with Crippen LogP contribution in [-0.2, 0) is 10.0 Å². The maximum atomic E-state index is 12.9. The van der Waals surface area contributed by atoms with Crippen molar-refractivity contribution in [3.63, 3.8) is 0 Å². The third-order valence-electron chi connectivity index (χ3n) is 4.05. The van der Waals surface area contributed by atoms with E-state index in [0.29, 0.717) is 30.2 Å². The molecule has 1 aromatic rings. The van der Waals surface area contributed by atoms with E-state index in [-0.39, 0.29) is 6.04 Å². The molecule has 1 atom stereocenters. The van der Waals surface area contributed by atoms with Crippen LogP contribution in [0.2, 0.25) is 0 Å². The molecule has 0 saturated carbocycles. The Morgan fingerprint density at radius 2 is 2.14 bits per heavy atom. The smallest absolute Gasteiger partial charge is 0.243 e. The highest BCUT2D eigenvalue weighted by Gasteiger charge is 2.33. The number of methoxy groups -OCH3 is 1. The van der Waals surface area contributed by atoms with Crippen LogP contribution >= 0.6 is 0 Å². The van der Waals surface area contributed by atoms with Crippen molar-refractivity contribution in [2.24, 2.45) is 5.73 Å². The maximum absolute atomic E-state index is 12.9. The summed E-state index contributed by atoms with van der Waals surface area (Å²) in [5.41, 5.74) is 6.45. The van der Waals surface area contributed by atoms with Gasteiger partial charge in [0.1, 0.15) is 5.75 Å². The first-order chi connectivity index (χ1) is 10.0. The standard InChI is InChI=1S/C15H24N2O3S/c1-12-11-14(6-7-15(12)20-2)21(18,19)17-10-4-3-5-13(17)8-9-16/h6-7,11,13H,3-5,8-10,16H2,1-2H3. The molecule has 0 bridgehead atoms. The molecule has 1 aliphatic heterocycles. The summed E-state index contributed by atoms with van der Waals surface area (Å²) in [5.74, 6) is 0.700. The van der Waals surface area contributed by atoms with Gasteiger partial charge in [0, 0.05) is 12.6 Å². The first-order valence-electron chi connectivity index (χ1n) is 7.37.